The fourth-order valence-corrected chi connectivity index (χ4v) is 1.50. The van der Waals surface area contributed by atoms with Crippen molar-refractivity contribution >= 4 is 12.1 Å². The topological polar surface area (TPSA) is 71.1 Å². The molecule has 0 bridgehead atoms. The third kappa shape index (κ3) is 5.73. The quantitative estimate of drug-likeness (QED) is 0.466. The van der Waals surface area contributed by atoms with E-state index < -0.39 is 12.1 Å². The van der Waals surface area contributed by atoms with Crippen LogP contribution < -0.4 is 0 Å². The molecule has 1 unspecified atom stereocenters. The Balaban J connectivity index is 2.44. The normalized spacial score (nSPS) is 12.4. The monoisotopic (exact) mass is 310 g/mol. The largest absolute Gasteiger partial charge is 0.543 e. The van der Waals surface area contributed by atoms with Gasteiger partial charge in [-0.05, 0) is 36.5 Å². The minimum Gasteiger partial charge on any atom is -0.429 e. The summed E-state index contributed by atoms with van der Waals surface area (Å²) in [6.45, 7) is 9.75. The first-order chi connectivity index (χ1) is 10.2. The number of hydrogen-bond acceptors (Lipinski definition) is 6. The van der Waals surface area contributed by atoms with E-state index in [0.717, 1.165) is 5.56 Å². The average molecular weight is 310 g/mol. The van der Waals surface area contributed by atoms with Crippen LogP contribution in [0.1, 0.15) is 57.0 Å². The van der Waals surface area contributed by atoms with Crippen LogP contribution in [0.25, 0.3) is 0 Å². The molecular formula is C16H22O6. The molecule has 0 fully saturated rings. The summed E-state index contributed by atoms with van der Waals surface area (Å²) < 4.78 is 4.76. The Morgan fingerprint density at radius 1 is 1.09 bits per heavy atom. The van der Waals surface area contributed by atoms with Crippen LogP contribution in [0.5, 0.6) is 0 Å². The van der Waals surface area contributed by atoms with Gasteiger partial charge in [0.2, 0.25) is 0 Å². The maximum absolute atomic E-state index is 11.7. The van der Waals surface area contributed by atoms with Gasteiger partial charge in [-0.3, -0.25) is 4.89 Å². The average Bonchev–Trinajstić information content (AvgIpc) is 2.46. The molecule has 1 rings (SSSR count). The number of hydrogen-bond donors (Lipinski definition) is 0. The highest BCUT2D eigenvalue weighted by Crippen LogP contribution is 2.22. The van der Waals surface area contributed by atoms with Crippen LogP contribution in [0.15, 0.2) is 24.3 Å². The molecule has 1 atom stereocenters. The van der Waals surface area contributed by atoms with E-state index >= 15 is 0 Å². The third-order valence-corrected chi connectivity index (χ3v) is 3.07. The van der Waals surface area contributed by atoms with Gasteiger partial charge in [-0.15, -0.1) is 0 Å². The summed E-state index contributed by atoms with van der Waals surface area (Å²) in [6, 6.07) is 6.89. The van der Waals surface area contributed by atoms with Crippen molar-refractivity contribution in [2.24, 2.45) is 0 Å². The molecule has 0 saturated carbocycles. The van der Waals surface area contributed by atoms with E-state index in [-0.39, 0.29) is 17.1 Å². The number of ether oxygens (including phenoxy) is 1. The zero-order chi connectivity index (χ0) is 16.8. The lowest BCUT2D eigenvalue weighted by molar-refractivity contribution is -0.452. The number of rotatable bonds is 5. The summed E-state index contributed by atoms with van der Waals surface area (Å²) in [7, 11) is 0. The second-order valence-corrected chi connectivity index (χ2v) is 5.94. The van der Waals surface area contributed by atoms with E-state index in [1.807, 2.05) is 19.1 Å². The van der Waals surface area contributed by atoms with Gasteiger partial charge in [0.05, 0.1) is 10.6 Å². The molecule has 0 heterocycles. The van der Waals surface area contributed by atoms with Gasteiger partial charge >= 0.3 is 12.1 Å². The van der Waals surface area contributed by atoms with Crippen LogP contribution in [-0.4, -0.2) is 18.2 Å². The van der Waals surface area contributed by atoms with Crippen LogP contribution >= 0.6 is 0 Å². The number of carbonyl (C=O) groups is 2. The Morgan fingerprint density at radius 2 is 1.68 bits per heavy atom. The lowest BCUT2D eigenvalue weighted by Gasteiger charge is -2.18. The fourth-order valence-electron chi connectivity index (χ4n) is 1.50. The van der Waals surface area contributed by atoms with Crippen molar-refractivity contribution in [2.45, 2.75) is 52.6 Å². The summed E-state index contributed by atoms with van der Waals surface area (Å²) in [5.41, 5.74) is 1.35. The molecule has 1 aromatic carbocycles. The van der Waals surface area contributed by atoms with Crippen LogP contribution in [0.2, 0.25) is 0 Å². The van der Waals surface area contributed by atoms with Gasteiger partial charge in [-0.25, -0.2) is 14.5 Å². The zero-order valence-electron chi connectivity index (χ0n) is 13.5. The van der Waals surface area contributed by atoms with Crippen LogP contribution in [-0.2, 0) is 25.0 Å². The minimum atomic E-state index is -1.06. The van der Waals surface area contributed by atoms with Crippen molar-refractivity contribution in [1.29, 1.82) is 0 Å². The van der Waals surface area contributed by atoms with Gasteiger partial charge in [-0.1, -0.05) is 39.8 Å². The molecule has 0 saturated heterocycles. The summed E-state index contributed by atoms with van der Waals surface area (Å²) >= 11 is 0. The Morgan fingerprint density at radius 3 is 2.18 bits per heavy atom. The minimum absolute atomic E-state index is 0.0121. The van der Waals surface area contributed by atoms with Crippen molar-refractivity contribution in [1.82, 2.24) is 0 Å². The number of benzene rings is 1. The van der Waals surface area contributed by atoms with Crippen molar-refractivity contribution in [3.05, 3.63) is 35.4 Å². The van der Waals surface area contributed by atoms with Gasteiger partial charge in [0.1, 0.15) is 6.10 Å². The molecule has 1 aromatic rings. The maximum Gasteiger partial charge on any atom is 0.543 e. The van der Waals surface area contributed by atoms with E-state index in [4.69, 9.17) is 4.74 Å². The predicted molar refractivity (Wildman–Crippen MR) is 79.0 cm³/mol. The second-order valence-electron chi connectivity index (χ2n) is 5.94. The Hall–Kier alpha value is -2.08. The Bertz CT molecular complexity index is 500. The van der Waals surface area contributed by atoms with Crippen LogP contribution in [0.4, 0.5) is 4.79 Å². The van der Waals surface area contributed by atoms with Gasteiger partial charge in [0.15, 0.2) is 0 Å². The molecule has 0 spiro atoms. The highest BCUT2D eigenvalue weighted by Gasteiger charge is 2.16. The maximum atomic E-state index is 11.7. The standard InChI is InChI=1S/C16H22O6/c1-6-11(2)19-15(18)21-22-20-14(17)12-7-9-13(10-8-12)16(3,4)5/h7-11H,6H2,1-5H3. The van der Waals surface area contributed by atoms with Gasteiger partial charge < -0.3 is 4.74 Å². The van der Waals surface area contributed by atoms with E-state index in [1.54, 1.807) is 19.1 Å². The molecule has 6 nitrogen and oxygen atoms in total. The van der Waals surface area contributed by atoms with Crippen molar-refractivity contribution < 1.29 is 29.1 Å². The summed E-state index contributed by atoms with van der Waals surface area (Å²) in [4.78, 5) is 31.4. The predicted octanol–water partition coefficient (Wildman–Crippen LogP) is 3.94. The summed E-state index contributed by atoms with van der Waals surface area (Å²) in [5.74, 6) is -0.767. The number of carbonyl (C=O) groups excluding carboxylic acids is 2. The molecule has 22 heavy (non-hydrogen) atoms. The smallest absolute Gasteiger partial charge is 0.429 e. The fraction of sp³-hybridized carbons (Fsp3) is 0.500. The van der Waals surface area contributed by atoms with Crippen LogP contribution in [0.3, 0.4) is 0 Å². The Kier molecular flexibility index (Phi) is 6.37. The lowest BCUT2D eigenvalue weighted by atomic mass is 9.87. The zero-order valence-corrected chi connectivity index (χ0v) is 13.5. The molecule has 0 aromatic heterocycles. The van der Waals surface area contributed by atoms with Crippen LogP contribution in [0, 0.1) is 0 Å². The van der Waals surface area contributed by atoms with Gasteiger partial charge in [0, 0.05) is 0 Å². The Labute approximate surface area is 130 Å². The summed E-state index contributed by atoms with van der Waals surface area (Å²) in [5, 5.41) is 4.13. The van der Waals surface area contributed by atoms with Crippen molar-refractivity contribution in [3.63, 3.8) is 0 Å². The first-order valence-corrected chi connectivity index (χ1v) is 7.10. The molecular weight excluding hydrogens is 288 g/mol. The molecule has 122 valence electrons. The lowest BCUT2D eigenvalue weighted by Crippen LogP contribution is -2.17. The summed E-state index contributed by atoms with van der Waals surface area (Å²) in [6.07, 6.45) is -0.739. The van der Waals surface area contributed by atoms with E-state index in [0.29, 0.717) is 6.42 Å². The van der Waals surface area contributed by atoms with Gasteiger partial charge in [-0.2, -0.15) is 0 Å². The van der Waals surface area contributed by atoms with E-state index in [1.165, 1.54) is 0 Å². The molecule has 0 aliphatic carbocycles. The molecule has 0 N–H and O–H groups in total. The first kappa shape index (κ1) is 18.0. The molecule has 0 amide bonds. The van der Waals surface area contributed by atoms with E-state index in [2.05, 4.69) is 35.6 Å². The molecule has 0 radical (unpaired) electrons. The van der Waals surface area contributed by atoms with E-state index in [9.17, 15) is 9.59 Å². The van der Waals surface area contributed by atoms with Crippen molar-refractivity contribution in [3.8, 4) is 0 Å². The molecule has 0 aliphatic heterocycles. The van der Waals surface area contributed by atoms with Gasteiger partial charge in [0.25, 0.3) is 0 Å². The highest BCUT2D eigenvalue weighted by molar-refractivity contribution is 5.88. The first-order valence-electron chi connectivity index (χ1n) is 7.10. The highest BCUT2D eigenvalue weighted by atomic mass is 17.5. The molecule has 6 heteroatoms. The molecule has 0 aliphatic rings. The second kappa shape index (κ2) is 7.79. The third-order valence-electron chi connectivity index (χ3n) is 3.07. The van der Waals surface area contributed by atoms with Crippen molar-refractivity contribution in [2.75, 3.05) is 0 Å². The SMILES string of the molecule is CCC(C)OC(=O)OOOC(=O)c1ccc(C(C)(C)C)cc1.